The second-order valence-corrected chi connectivity index (χ2v) is 7.36. The predicted molar refractivity (Wildman–Crippen MR) is 113 cm³/mol. The average Bonchev–Trinajstić information content (AvgIpc) is 3.15. The van der Waals surface area contributed by atoms with Crippen LogP contribution in [0.5, 0.6) is 5.75 Å². The molecule has 0 unspecified atom stereocenters. The Kier molecular flexibility index (Phi) is 7.14. The number of hydrogen-bond acceptors (Lipinski definition) is 4. The van der Waals surface area contributed by atoms with Gasteiger partial charge in [-0.05, 0) is 49.9 Å². The van der Waals surface area contributed by atoms with Gasteiger partial charge >= 0.3 is 0 Å². The van der Waals surface area contributed by atoms with Crippen molar-refractivity contribution in [3.63, 3.8) is 0 Å². The van der Waals surface area contributed by atoms with Gasteiger partial charge in [0.2, 0.25) is 5.91 Å². The molecule has 0 aliphatic rings. The Hall–Kier alpha value is -2.73. The third-order valence-electron chi connectivity index (χ3n) is 4.32. The van der Waals surface area contributed by atoms with Crippen molar-refractivity contribution in [2.24, 2.45) is 0 Å². The van der Waals surface area contributed by atoms with Crippen molar-refractivity contribution < 1.29 is 13.9 Å². The zero-order chi connectivity index (χ0) is 19.8. The van der Waals surface area contributed by atoms with Crippen LogP contribution in [-0.4, -0.2) is 17.5 Å². The largest absolute Gasteiger partial charge is 0.491 e. The molecule has 1 heterocycles. The van der Waals surface area contributed by atoms with Crippen LogP contribution < -0.4 is 10.1 Å². The number of nitrogens with zero attached hydrogens (tertiary/aromatic N) is 1. The maximum atomic E-state index is 14.6. The minimum atomic E-state index is -0.471. The molecule has 0 fully saturated rings. The Morgan fingerprint density at radius 1 is 1.25 bits per heavy atom. The lowest BCUT2D eigenvalue weighted by Gasteiger charge is -2.11. The molecule has 1 amide bonds. The number of halogens is 1. The summed E-state index contributed by atoms with van der Waals surface area (Å²) in [7, 11) is 0. The van der Waals surface area contributed by atoms with E-state index < -0.39 is 5.82 Å². The number of anilines is 1. The van der Waals surface area contributed by atoms with Gasteiger partial charge in [0, 0.05) is 11.3 Å². The Morgan fingerprint density at radius 3 is 3.00 bits per heavy atom. The number of thiazole rings is 1. The van der Waals surface area contributed by atoms with E-state index in [4.69, 9.17) is 4.74 Å². The Balaban J connectivity index is 1.55. The lowest BCUT2D eigenvalue weighted by Crippen LogP contribution is -2.15. The lowest BCUT2D eigenvalue weighted by molar-refractivity contribution is -0.115. The van der Waals surface area contributed by atoms with Gasteiger partial charge in [-0.15, -0.1) is 17.9 Å². The molecule has 2 aromatic carbocycles. The molecule has 6 heteroatoms. The van der Waals surface area contributed by atoms with E-state index in [1.807, 2.05) is 18.2 Å². The number of benzene rings is 2. The molecule has 0 radical (unpaired) electrons. The van der Waals surface area contributed by atoms with Gasteiger partial charge in [0.05, 0.1) is 28.8 Å². The highest BCUT2D eigenvalue weighted by molar-refractivity contribution is 7.16. The smallest absolute Gasteiger partial charge is 0.228 e. The average molecular weight is 399 g/mol. The van der Waals surface area contributed by atoms with E-state index in [1.165, 1.54) is 11.3 Å². The van der Waals surface area contributed by atoms with Crippen molar-refractivity contribution in [3.05, 3.63) is 65.9 Å². The van der Waals surface area contributed by atoms with E-state index in [0.717, 1.165) is 35.9 Å². The van der Waals surface area contributed by atoms with Crippen molar-refractivity contribution in [2.45, 2.75) is 32.1 Å². The monoisotopic (exact) mass is 398 g/mol. The first-order chi connectivity index (χ1) is 13.7. The van der Waals surface area contributed by atoms with Gasteiger partial charge in [0.25, 0.3) is 0 Å². The molecular formula is C22H23FN2O2S. The lowest BCUT2D eigenvalue weighted by atomic mass is 10.1. The summed E-state index contributed by atoms with van der Waals surface area (Å²) in [5, 5.41) is 2.82. The molecule has 0 atom stereocenters. The molecule has 3 rings (SSSR count). The number of ether oxygens (including phenoxy) is 1. The SMILES string of the molecule is C=CCCCCCOc1cccc(CC(=O)Nc2ccc3ncsc3c2)c1F. The van der Waals surface area contributed by atoms with Crippen LogP contribution in [0.15, 0.2) is 54.6 Å². The fourth-order valence-corrected chi connectivity index (χ4v) is 3.58. The summed E-state index contributed by atoms with van der Waals surface area (Å²) >= 11 is 1.51. The first kappa shape index (κ1) is 20.0. The van der Waals surface area contributed by atoms with Gasteiger partial charge in [-0.1, -0.05) is 18.2 Å². The maximum absolute atomic E-state index is 14.6. The van der Waals surface area contributed by atoms with E-state index in [0.29, 0.717) is 17.9 Å². The van der Waals surface area contributed by atoms with Crippen molar-refractivity contribution in [1.29, 1.82) is 0 Å². The summed E-state index contributed by atoms with van der Waals surface area (Å²) in [4.78, 5) is 16.6. The number of amides is 1. The molecule has 0 bridgehead atoms. The van der Waals surface area contributed by atoms with Gasteiger partial charge in [-0.2, -0.15) is 0 Å². The van der Waals surface area contributed by atoms with E-state index in [9.17, 15) is 9.18 Å². The summed E-state index contributed by atoms with van der Waals surface area (Å²) in [5.74, 6) is -0.550. The number of fused-ring (bicyclic) bond motifs is 1. The molecule has 0 spiro atoms. The van der Waals surface area contributed by atoms with E-state index in [2.05, 4.69) is 16.9 Å². The Labute approximate surface area is 168 Å². The summed E-state index contributed by atoms with van der Waals surface area (Å²) < 4.78 is 21.2. The fourth-order valence-electron chi connectivity index (χ4n) is 2.86. The highest BCUT2D eigenvalue weighted by Crippen LogP contribution is 2.24. The highest BCUT2D eigenvalue weighted by atomic mass is 32.1. The van der Waals surface area contributed by atoms with Crippen LogP contribution in [0.3, 0.4) is 0 Å². The highest BCUT2D eigenvalue weighted by Gasteiger charge is 2.13. The molecule has 4 nitrogen and oxygen atoms in total. The van der Waals surface area contributed by atoms with Gasteiger partial charge < -0.3 is 10.1 Å². The van der Waals surface area contributed by atoms with E-state index in [-0.39, 0.29) is 18.1 Å². The molecule has 28 heavy (non-hydrogen) atoms. The van der Waals surface area contributed by atoms with Crippen LogP contribution in [0, 0.1) is 5.82 Å². The number of carbonyl (C=O) groups excluding carboxylic acids is 1. The van der Waals surface area contributed by atoms with Crippen molar-refractivity contribution in [3.8, 4) is 5.75 Å². The minimum absolute atomic E-state index is 0.0525. The predicted octanol–water partition coefficient (Wildman–Crippen LogP) is 5.74. The van der Waals surface area contributed by atoms with Crippen LogP contribution in [0.4, 0.5) is 10.1 Å². The van der Waals surface area contributed by atoms with Crippen LogP contribution >= 0.6 is 11.3 Å². The van der Waals surface area contributed by atoms with E-state index in [1.54, 1.807) is 29.8 Å². The topological polar surface area (TPSA) is 51.2 Å². The third kappa shape index (κ3) is 5.39. The number of rotatable bonds is 10. The molecular weight excluding hydrogens is 375 g/mol. The van der Waals surface area contributed by atoms with Crippen LogP contribution in [0.2, 0.25) is 0 Å². The van der Waals surface area contributed by atoms with Crippen LogP contribution in [-0.2, 0) is 11.2 Å². The quantitative estimate of drug-likeness (QED) is 0.350. The molecule has 0 saturated heterocycles. The standard InChI is InChI=1S/C22H23FN2O2S/c1-2-3-4-5-6-12-27-19-9-7-8-16(22(19)23)13-21(26)25-17-10-11-18-20(14-17)28-15-24-18/h2,7-11,14-15H,1,3-6,12-13H2,(H,25,26). The van der Waals surface area contributed by atoms with E-state index >= 15 is 0 Å². The number of hydrogen-bond donors (Lipinski definition) is 1. The summed E-state index contributed by atoms with van der Waals surface area (Å²) in [6.07, 6.45) is 5.75. The van der Waals surface area contributed by atoms with Crippen LogP contribution in [0.1, 0.15) is 31.2 Å². The van der Waals surface area contributed by atoms with Gasteiger partial charge in [-0.25, -0.2) is 9.37 Å². The molecule has 0 saturated carbocycles. The van der Waals surface area contributed by atoms with Crippen molar-refractivity contribution in [2.75, 3.05) is 11.9 Å². The van der Waals surface area contributed by atoms with Gasteiger partial charge in [-0.3, -0.25) is 4.79 Å². The molecule has 3 aromatic rings. The summed E-state index contributed by atoms with van der Waals surface area (Å²) in [5.41, 5.74) is 3.65. The minimum Gasteiger partial charge on any atom is -0.491 e. The number of carbonyl (C=O) groups is 1. The number of unbranched alkanes of at least 4 members (excludes halogenated alkanes) is 3. The molecule has 1 N–H and O–H groups in total. The molecule has 146 valence electrons. The van der Waals surface area contributed by atoms with Gasteiger partial charge in [0.15, 0.2) is 11.6 Å². The van der Waals surface area contributed by atoms with Gasteiger partial charge in [0.1, 0.15) is 0 Å². The zero-order valence-electron chi connectivity index (χ0n) is 15.6. The maximum Gasteiger partial charge on any atom is 0.228 e. The molecule has 0 aliphatic carbocycles. The first-order valence-corrected chi connectivity index (χ1v) is 10.2. The number of allylic oxidation sites excluding steroid dienone is 1. The second-order valence-electron chi connectivity index (χ2n) is 6.48. The first-order valence-electron chi connectivity index (χ1n) is 9.31. The Bertz CT molecular complexity index is 955. The van der Waals surface area contributed by atoms with Crippen molar-refractivity contribution >= 4 is 33.1 Å². The second kappa shape index (κ2) is 9.99. The normalized spacial score (nSPS) is 10.8. The third-order valence-corrected chi connectivity index (χ3v) is 5.11. The fraction of sp³-hybridized carbons (Fsp3) is 0.273. The summed E-state index contributed by atoms with van der Waals surface area (Å²) in [6.45, 7) is 4.15. The number of nitrogens with one attached hydrogen (secondary N) is 1. The number of aromatic nitrogens is 1. The molecule has 1 aromatic heterocycles. The van der Waals surface area contributed by atoms with Crippen molar-refractivity contribution in [1.82, 2.24) is 4.98 Å². The molecule has 0 aliphatic heterocycles. The van der Waals surface area contributed by atoms with Crippen LogP contribution in [0.25, 0.3) is 10.2 Å². The zero-order valence-corrected chi connectivity index (χ0v) is 16.4. The summed E-state index contributed by atoms with van der Waals surface area (Å²) in [6, 6.07) is 10.4. The Morgan fingerprint density at radius 2 is 2.14 bits per heavy atom.